The Bertz CT molecular complexity index is 1090. The van der Waals surface area contributed by atoms with E-state index in [1.54, 1.807) is 22.3 Å². The van der Waals surface area contributed by atoms with Crippen molar-refractivity contribution >= 4 is 84.9 Å². The molecule has 13 heteroatoms. The second-order valence-corrected chi connectivity index (χ2v) is 10.2. The van der Waals surface area contributed by atoms with Crippen LogP contribution in [0.2, 0.25) is 0 Å². The molecule has 7 nitrogen and oxygen atoms in total. The Morgan fingerprint density at radius 2 is 1.79 bits per heavy atom. The number of hydrogen-bond acceptors (Lipinski definition) is 4. The number of nitrogens with zero attached hydrogens (tertiary/aromatic N) is 3. The van der Waals surface area contributed by atoms with Gasteiger partial charge in [0.25, 0.3) is 0 Å². The molecule has 0 radical (unpaired) electrons. The van der Waals surface area contributed by atoms with Crippen LogP contribution >= 0.6 is 0 Å². The van der Waals surface area contributed by atoms with Crippen LogP contribution in [0.25, 0.3) is 11.3 Å². The van der Waals surface area contributed by atoms with Crippen molar-refractivity contribution in [1.29, 1.82) is 0 Å². The van der Waals surface area contributed by atoms with Crippen molar-refractivity contribution in [2.45, 2.75) is 37.0 Å². The first-order valence-electron chi connectivity index (χ1n) is 11.2. The van der Waals surface area contributed by atoms with E-state index in [4.69, 9.17) is 0 Å². The average molecular weight is 569 g/mol. The van der Waals surface area contributed by atoms with Crippen molar-refractivity contribution in [3.63, 3.8) is 0 Å². The fourth-order valence-corrected chi connectivity index (χ4v) is 5.63. The second-order valence-electron chi connectivity index (χ2n) is 7.97. The van der Waals surface area contributed by atoms with Gasteiger partial charge in [-0.3, -0.25) is 4.98 Å². The summed E-state index contributed by atoms with van der Waals surface area (Å²) in [6.07, 6.45) is 4.01. The van der Waals surface area contributed by atoms with Gasteiger partial charge in [0, 0.05) is 31.7 Å². The van der Waals surface area contributed by atoms with Gasteiger partial charge in [0.05, 0.1) is 22.8 Å². The van der Waals surface area contributed by atoms with Crippen LogP contribution in [0, 0.1) is 11.6 Å². The van der Waals surface area contributed by atoms with Crippen molar-refractivity contribution < 1.29 is 74.8 Å². The number of aromatic nitrogens is 1. The summed E-state index contributed by atoms with van der Waals surface area (Å²) < 4.78 is 53.5. The standard InChI is InChI=1S/C21H24F2N4O3S.3K.H/c1-26(16-8-10-27(11-9-16)31(29,30)17-4-5-17)21(28)25-15-3-7-20(24-13-15)18-12-14(22)2-6-19(18)23;;;;/h2-3,6-7,12-13,16-17H,4-5,8-11H2,1H3,(H,25,28);;;;/q;;;+1;-1. The number of carbonyl (C=O) groups excluding carboxylic acids is 1. The second kappa shape index (κ2) is 15.2. The molecule has 170 valence electrons. The first kappa shape index (κ1) is 32.5. The van der Waals surface area contributed by atoms with Crippen LogP contribution in [0.1, 0.15) is 27.1 Å². The van der Waals surface area contributed by atoms with E-state index >= 15 is 0 Å². The number of pyridine rings is 1. The van der Waals surface area contributed by atoms with Gasteiger partial charge in [-0.15, -0.1) is 0 Å². The molecule has 2 fully saturated rings. The molecule has 2 heterocycles. The molecule has 4 rings (SSSR count). The molecule has 0 bridgehead atoms. The Labute approximate surface area is 288 Å². The summed E-state index contributed by atoms with van der Waals surface area (Å²) in [6.45, 7) is 0.827. The maximum atomic E-state index is 13.9. The van der Waals surface area contributed by atoms with E-state index < -0.39 is 21.7 Å². The predicted octanol–water partition coefficient (Wildman–Crippen LogP) is -0.198. The number of hydrogen-bond donors (Lipinski definition) is 1. The van der Waals surface area contributed by atoms with Gasteiger partial charge in [0.2, 0.25) is 10.0 Å². The summed E-state index contributed by atoms with van der Waals surface area (Å²) >= 11 is 2.50. The molecule has 1 aromatic carbocycles. The molecular formula is C21H25F2K3N4O3S. The van der Waals surface area contributed by atoms with Crippen LogP contribution in [0.5, 0.6) is 0 Å². The summed E-state index contributed by atoms with van der Waals surface area (Å²) in [5.74, 6) is -1.14. The Kier molecular flexibility index (Phi) is 14.5. The number of piperidine rings is 1. The Morgan fingerprint density at radius 1 is 1.15 bits per heavy atom. The molecule has 2 amide bonds. The van der Waals surface area contributed by atoms with Crippen LogP contribution in [-0.2, 0) is 10.0 Å². The van der Waals surface area contributed by atoms with Crippen LogP contribution in [0.15, 0.2) is 36.5 Å². The van der Waals surface area contributed by atoms with Gasteiger partial charge in [-0.1, -0.05) is 0 Å². The van der Waals surface area contributed by atoms with E-state index in [2.05, 4.69) is 10.3 Å². The Balaban J connectivity index is 0.00000149. The van der Waals surface area contributed by atoms with Crippen LogP contribution in [0.3, 0.4) is 0 Å². The topological polar surface area (TPSA) is 82.6 Å². The first-order chi connectivity index (χ1) is 15.8. The molecule has 1 aromatic heterocycles. The molecule has 2 aliphatic rings. The molecule has 0 unspecified atom stereocenters. The monoisotopic (exact) mass is 568 g/mol. The molecule has 0 atom stereocenters. The fraction of sp³-hybridized carbons (Fsp3) is 0.429. The zero-order valence-corrected chi connectivity index (χ0v) is 30.3. The number of sulfonamides is 1. The molecule has 0 spiro atoms. The number of anilines is 1. The van der Waals surface area contributed by atoms with Crippen molar-refractivity contribution in [3.8, 4) is 11.3 Å². The average Bonchev–Trinajstić information content (AvgIpc) is 3.68. The van der Waals surface area contributed by atoms with Crippen LogP contribution in [-0.4, -0.2) is 123 Å². The van der Waals surface area contributed by atoms with Crippen molar-refractivity contribution in [3.05, 3.63) is 48.2 Å². The molecule has 1 saturated heterocycles. The summed E-state index contributed by atoms with van der Waals surface area (Å²) in [6, 6.07) is 5.82. The Morgan fingerprint density at radius 3 is 2.35 bits per heavy atom. The van der Waals surface area contributed by atoms with E-state index in [1.807, 2.05) is 0 Å². The normalized spacial score (nSPS) is 16.7. The maximum absolute atomic E-state index is 13.9. The van der Waals surface area contributed by atoms with Crippen molar-refractivity contribution in [2.24, 2.45) is 0 Å². The van der Waals surface area contributed by atoms with Gasteiger partial charge in [0.1, 0.15) is 11.6 Å². The summed E-state index contributed by atoms with van der Waals surface area (Å²) in [5, 5.41) is 2.52. The third-order valence-corrected chi connectivity index (χ3v) is 8.21. The number of carbonyl (C=O) groups is 1. The van der Waals surface area contributed by atoms with Gasteiger partial charge in [0.15, 0.2) is 0 Å². The quantitative estimate of drug-likeness (QED) is 0.507. The number of benzene rings is 1. The third kappa shape index (κ3) is 8.66. The predicted molar refractivity (Wildman–Crippen MR) is 126 cm³/mol. The van der Waals surface area contributed by atoms with Crippen LogP contribution in [0.4, 0.5) is 19.3 Å². The van der Waals surface area contributed by atoms with Crippen LogP contribution < -0.4 is 56.7 Å². The number of nitrogens with one attached hydrogen (secondary N) is 1. The van der Waals surface area contributed by atoms with Gasteiger partial charge in [-0.25, -0.2) is 26.3 Å². The molecule has 1 saturated carbocycles. The molecule has 1 aliphatic heterocycles. The molecule has 2 aromatic rings. The molecule has 1 aliphatic carbocycles. The van der Waals surface area contributed by atoms with E-state index in [9.17, 15) is 22.0 Å². The number of urea groups is 1. The first-order valence-corrected chi connectivity index (χ1v) is 28.7. The molecular weight excluding hydrogens is 544 g/mol. The summed E-state index contributed by atoms with van der Waals surface area (Å²) in [7, 11) is -1.51. The summed E-state index contributed by atoms with van der Waals surface area (Å²) in [5.41, 5.74) is 0.724. The van der Waals surface area contributed by atoms with Crippen molar-refractivity contribution in [1.82, 2.24) is 14.2 Å². The van der Waals surface area contributed by atoms with Gasteiger partial charge < -0.3 is 11.6 Å². The number of halogens is 2. The van der Waals surface area contributed by atoms with Crippen molar-refractivity contribution in [2.75, 3.05) is 25.5 Å². The zero-order chi connectivity index (χ0) is 24.2. The minimum absolute atomic E-state index is 0. The molecule has 34 heavy (non-hydrogen) atoms. The SMILES string of the molecule is CN(C(=O)Nc1ccc(-c2cc(F)ccc2F)nc1)C1CCN(S(=O)(=O)C2CC2)CC1.[H-].[K+].[K][K]. The fourth-order valence-electron chi connectivity index (χ4n) is 3.76. The van der Waals surface area contributed by atoms with E-state index in [0.717, 1.165) is 31.0 Å². The molecule has 1 N–H and O–H groups in total. The van der Waals surface area contributed by atoms with Gasteiger partial charge in [-0.05, 0) is 56.0 Å². The van der Waals surface area contributed by atoms with E-state index in [0.29, 0.717) is 31.6 Å². The summed E-state index contributed by atoms with van der Waals surface area (Å²) in [4.78, 5) is 18.3. The number of amides is 2. The minimum atomic E-state index is -3.18. The third-order valence-electron chi connectivity index (χ3n) is 5.82. The van der Waals surface area contributed by atoms with E-state index in [1.165, 1.54) is 75.4 Å². The van der Waals surface area contributed by atoms with E-state index in [-0.39, 0.29) is 81.4 Å². The number of rotatable bonds is 5. The van der Waals surface area contributed by atoms with Gasteiger partial charge >= 0.3 is 121 Å². The zero-order valence-electron chi connectivity index (χ0n) is 21.1. The van der Waals surface area contributed by atoms with Gasteiger partial charge in [-0.2, -0.15) is 0 Å². The Hall–Kier alpha value is 2.32.